The van der Waals surface area contributed by atoms with Crippen LogP contribution in [-0.4, -0.2) is 33.9 Å². The third kappa shape index (κ3) is 3.91. The molecule has 0 aromatic carbocycles. The molecule has 1 saturated heterocycles. The highest BCUT2D eigenvalue weighted by atomic mass is 32.1. The van der Waals surface area contributed by atoms with Crippen LogP contribution >= 0.6 is 11.3 Å². The average Bonchev–Trinajstić information content (AvgIpc) is 2.87. The molecule has 1 fully saturated rings. The van der Waals surface area contributed by atoms with Crippen LogP contribution in [-0.2, 0) is 11.2 Å². The average molecular weight is 315 g/mol. The van der Waals surface area contributed by atoms with Crippen LogP contribution in [0.25, 0.3) is 11.3 Å². The number of thiazole rings is 1. The Kier molecular flexibility index (Phi) is 5.16. The molecular formula is C17H21N3OS. The maximum atomic E-state index is 12.3. The first kappa shape index (κ1) is 15.2. The molecule has 0 spiro atoms. The summed E-state index contributed by atoms with van der Waals surface area (Å²) < 4.78 is 0. The molecule has 116 valence electrons. The van der Waals surface area contributed by atoms with Gasteiger partial charge in [-0.1, -0.05) is 12.8 Å². The lowest BCUT2D eigenvalue weighted by atomic mass is 10.2. The molecule has 2 aromatic rings. The zero-order valence-corrected chi connectivity index (χ0v) is 13.5. The number of carbonyl (C=O) groups excluding carboxylic acids is 1. The summed E-state index contributed by atoms with van der Waals surface area (Å²) in [5.74, 6) is 0.280. The maximum absolute atomic E-state index is 12.3. The molecule has 3 heterocycles. The van der Waals surface area contributed by atoms with E-state index < -0.39 is 0 Å². The molecule has 0 unspecified atom stereocenters. The Hall–Kier alpha value is -1.75. The zero-order valence-electron chi connectivity index (χ0n) is 12.7. The predicted octanol–water partition coefficient (Wildman–Crippen LogP) is 3.54. The van der Waals surface area contributed by atoms with Gasteiger partial charge in [-0.15, -0.1) is 11.3 Å². The fourth-order valence-corrected chi connectivity index (χ4v) is 3.58. The number of aromatic nitrogens is 2. The second-order valence-corrected chi connectivity index (χ2v) is 6.60. The van der Waals surface area contributed by atoms with Gasteiger partial charge in [0.25, 0.3) is 0 Å². The van der Waals surface area contributed by atoms with Gasteiger partial charge in [0.2, 0.25) is 5.91 Å². The molecular weight excluding hydrogens is 294 g/mol. The van der Waals surface area contributed by atoms with E-state index in [1.807, 2.05) is 17.0 Å². The van der Waals surface area contributed by atoms with Crippen LogP contribution in [0, 0.1) is 0 Å². The second-order valence-electron chi connectivity index (χ2n) is 5.66. The molecule has 2 aromatic heterocycles. The van der Waals surface area contributed by atoms with Gasteiger partial charge in [0.05, 0.1) is 10.7 Å². The minimum Gasteiger partial charge on any atom is -0.343 e. The summed E-state index contributed by atoms with van der Waals surface area (Å²) in [6, 6.07) is 3.92. The summed E-state index contributed by atoms with van der Waals surface area (Å²) in [5.41, 5.74) is 2.06. The van der Waals surface area contributed by atoms with E-state index >= 15 is 0 Å². The van der Waals surface area contributed by atoms with E-state index in [1.165, 1.54) is 12.8 Å². The first-order valence-corrected chi connectivity index (χ1v) is 8.83. The van der Waals surface area contributed by atoms with Crippen LogP contribution in [0.5, 0.6) is 0 Å². The predicted molar refractivity (Wildman–Crippen MR) is 88.7 cm³/mol. The number of hydrogen-bond donors (Lipinski definition) is 0. The van der Waals surface area contributed by atoms with Gasteiger partial charge in [-0.2, -0.15) is 0 Å². The largest absolute Gasteiger partial charge is 0.343 e. The molecule has 1 aliphatic heterocycles. The van der Waals surface area contributed by atoms with Gasteiger partial charge in [-0.05, 0) is 25.0 Å². The highest BCUT2D eigenvalue weighted by Crippen LogP contribution is 2.22. The molecule has 0 bridgehead atoms. The van der Waals surface area contributed by atoms with Crippen molar-refractivity contribution in [3.63, 3.8) is 0 Å². The lowest BCUT2D eigenvalue weighted by Gasteiger charge is -2.19. The molecule has 0 N–H and O–H groups in total. The van der Waals surface area contributed by atoms with Gasteiger partial charge in [-0.3, -0.25) is 9.78 Å². The second kappa shape index (κ2) is 7.49. The van der Waals surface area contributed by atoms with Crippen molar-refractivity contribution in [2.45, 2.75) is 38.5 Å². The molecule has 4 nitrogen and oxygen atoms in total. The Morgan fingerprint density at radius 2 is 1.86 bits per heavy atom. The fourth-order valence-electron chi connectivity index (χ4n) is 2.77. The first-order chi connectivity index (χ1) is 10.8. The summed E-state index contributed by atoms with van der Waals surface area (Å²) >= 11 is 1.63. The third-order valence-electron chi connectivity index (χ3n) is 4.04. The van der Waals surface area contributed by atoms with Crippen LogP contribution in [0.3, 0.4) is 0 Å². The molecule has 22 heavy (non-hydrogen) atoms. The minimum atomic E-state index is 0.280. The van der Waals surface area contributed by atoms with Gasteiger partial charge < -0.3 is 4.90 Å². The van der Waals surface area contributed by atoms with Gasteiger partial charge in [0.15, 0.2) is 0 Å². The SMILES string of the molecule is O=C(CCc1nc(-c2ccncc2)cs1)N1CCCCCC1. The van der Waals surface area contributed by atoms with Crippen molar-refractivity contribution >= 4 is 17.2 Å². The number of pyridine rings is 1. The topological polar surface area (TPSA) is 46.1 Å². The van der Waals surface area contributed by atoms with Crippen molar-refractivity contribution in [2.75, 3.05) is 13.1 Å². The van der Waals surface area contributed by atoms with E-state index in [0.717, 1.165) is 48.6 Å². The minimum absolute atomic E-state index is 0.280. The molecule has 1 amide bonds. The lowest BCUT2D eigenvalue weighted by molar-refractivity contribution is -0.131. The Bertz CT molecular complexity index is 603. The van der Waals surface area contributed by atoms with E-state index in [0.29, 0.717) is 6.42 Å². The summed E-state index contributed by atoms with van der Waals surface area (Å²) in [4.78, 5) is 23.0. The Morgan fingerprint density at radius 3 is 2.59 bits per heavy atom. The van der Waals surface area contributed by atoms with Gasteiger partial charge in [0, 0.05) is 49.3 Å². The maximum Gasteiger partial charge on any atom is 0.222 e. The van der Waals surface area contributed by atoms with Crippen LogP contribution in [0.15, 0.2) is 29.9 Å². The van der Waals surface area contributed by atoms with Crippen LogP contribution in [0.2, 0.25) is 0 Å². The van der Waals surface area contributed by atoms with Crippen molar-refractivity contribution in [1.29, 1.82) is 0 Å². The number of rotatable bonds is 4. The van der Waals surface area contributed by atoms with Crippen molar-refractivity contribution in [3.8, 4) is 11.3 Å². The zero-order chi connectivity index (χ0) is 15.2. The number of carbonyl (C=O) groups is 1. The number of aryl methyl sites for hydroxylation is 1. The fraction of sp³-hybridized carbons (Fsp3) is 0.471. The van der Waals surface area contributed by atoms with Crippen LogP contribution < -0.4 is 0 Å². The normalized spacial score (nSPS) is 15.5. The number of hydrogen-bond acceptors (Lipinski definition) is 4. The van der Waals surface area contributed by atoms with Crippen molar-refractivity contribution < 1.29 is 4.79 Å². The Balaban J connectivity index is 1.55. The highest BCUT2D eigenvalue weighted by Gasteiger charge is 2.16. The number of likely N-dealkylation sites (tertiary alicyclic amines) is 1. The summed E-state index contributed by atoms with van der Waals surface area (Å²) in [6.45, 7) is 1.86. The Labute approximate surface area is 135 Å². The molecule has 0 radical (unpaired) electrons. The van der Waals surface area contributed by atoms with E-state index in [-0.39, 0.29) is 5.91 Å². The van der Waals surface area contributed by atoms with Gasteiger partial charge in [0.1, 0.15) is 0 Å². The molecule has 5 heteroatoms. The van der Waals surface area contributed by atoms with E-state index in [9.17, 15) is 4.79 Å². The van der Waals surface area contributed by atoms with Crippen molar-refractivity contribution in [3.05, 3.63) is 34.9 Å². The number of amides is 1. The quantitative estimate of drug-likeness (QED) is 0.867. The van der Waals surface area contributed by atoms with Crippen molar-refractivity contribution in [2.24, 2.45) is 0 Å². The summed E-state index contributed by atoms with van der Waals surface area (Å²) in [5, 5.41) is 3.09. The molecule has 0 aliphatic carbocycles. The lowest BCUT2D eigenvalue weighted by Crippen LogP contribution is -2.31. The molecule has 0 atom stereocenters. The van der Waals surface area contributed by atoms with Crippen LogP contribution in [0.4, 0.5) is 0 Å². The van der Waals surface area contributed by atoms with Crippen molar-refractivity contribution in [1.82, 2.24) is 14.9 Å². The summed E-state index contributed by atoms with van der Waals surface area (Å²) in [7, 11) is 0. The Morgan fingerprint density at radius 1 is 1.14 bits per heavy atom. The van der Waals surface area contributed by atoms with Gasteiger partial charge >= 0.3 is 0 Å². The molecule has 0 saturated carbocycles. The van der Waals surface area contributed by atoms with Crippen LogP contribution in [0.1, 0.15) is 37.1 Å². The van der Waals surface area contributed by atoms with E-state index in [2.05, 4.69) is 15.3 Å². The van der Waals surface area contributed by atoms with E-state index in [1.54, 1.807) is 23.7 Å². The monoisotopic (exact) mass is 315 g/mol. The first-order valence-electron chi connectivity index (χ1n) is 7.95. The third-order valence-corrected chi connectivity index (χ3v) is 4.95. The standard InChI is InChI=1S/C17H21N3OS/c21-17(20-11-3-1-2-4-12-20)6-5-16-19-15(13-22-16)14-7-9-18-10-8-14/h7-10,13H,1-6,11-12H2. The smallest absolute Gasteiger partial charge is 0.222 e. The summed E-state index contributed by atoms with van der Waals surface area (Å²) in [6.07, 6.45) is 9.67. The van der Waals surface area contributed by atoms with E-state index in [4.69, 9.17) is 0 Å². The molecule has 1 aliphatic rings. The van der Waals surface area contributed by atoms with Gasteiger partial charge in [-0.25, -0.2) is 4.98 Å². The molecule has 3 rings (SSSR count). The highest BCUT2D eigenvalue weighted by molar-refractivity contribution is 7.09. The number of nitrogens with zero attached hydrogens (tertiary/aromatic N) is 3.